The second-order valence-corrected chi connectivity index (χ2v) is 15.0. The van der Waals surface area contributed by atoms with E-state index in [0.29, 0.717) is 42.0 Å². The van der Waals surface area contributed by atoms with Gasteiger partial charge in [-0.3, -0.25) is 14.1 Å². The van der Waals surface area contributed by atoms with Crippen LogP contribution < -0.4 is 19.5 Å². The molecular weight excluding hydrogens is 586 g/mol. The fourth-order valence-electron chi connectivity index (χ4n) is 7.05. The Balaban J connectivity index is 0.000000246. The third-order valence-electron chi connectivity index (χ3n) is 9.81. The van der Waals surface area contributed by atoms with Crippen molar-refractivity contribution in [1.82, 2.24) is 0 Å². The van der Waals surface area contributed by atoms with Crippen molar-refractivity contribution < 1.29 is 41.9 Å². The second-order valence-electron chi connectivity index (χ2n) is 13.6. The first-order valence-electron chi connectivity index (χ1n) is 14.9. The number of hydrogen-bond acceptors (Lipinski definition) is 8. The highest BCUT2D eigenvalue weighted by Gasteiger charge is 2.65. The Bertz CT molecular complexity index is 1480. The molecule has 2 saturated carbocycles. The van der Waals surface area contributed by atoms with Crippen molar-refractivity contribution in [3.8, 4) is 17.2 Å². The number of ketones is 1. The topological polar surface area (TPSA) is 148 Å². The van der Waals surface area contributed by atoms with Crippen molar-refractivity contribution in [3.05, 3.63) is 47.5 Å². The van der Waals surface area contributed by atoms with E-state index in [9.17, 15) is 23.1 Å². The fourth-order valence-corrected chi connectivity index (χ4v) is 8.35. The normalized spacial score (nSPS) is 22.7. The molecule has 5 rings (SSSR count). The van der Waals surface area contributed by atoms with Crippen LogP contribution in [0.5, 0.6) is 17.2 Å². The Hall–Kier alpha value is -3.15. The van der Waals surface area contributed by atoms with E-state index in [0.717, 1.165) is 25.0 Å². The molecule has 2 bridgehead atoms. The van der Waals surface area contributed by atoms with E-state index in [2.05, 4.69) is 31.3 Å². The van der Waals surface area contributed by atoms with Crippen molar-refractivity contribution in [2.24, 2.45) is 22.2 Å². The molecule has 44 heavy (non-hydrogen) atoms. The number of aliphatic hydroxyl groups is 1. The van der Waals surface area contributed by atoms with Crippen LogP contribution in [0.25, 0.3) is 0 Å². The first kappa shape index (κ1) is 33.7. The van der Waals surface area contributed by atoms with Gasteiger partial charge in [0.15, 0.2) is 6.61 Å². The number of nitrogens with one attached hydrogen (secondary N) is 1. The number of fused-ring (bicyclic) bond motifs is 3. The Labute approximate surface area is 260 Å². The smallest absolute Gasteiger partial charge is 0.265 e. The quantitative estimate of drug-likeness (QED) is 0.294. The summed E-state index contributed by atoms with van der Waals surface area (Å²) in [6.07, 6.45) is 3.54. The van der Waals surface area contributed by atoms with Gasteiger partial charge in [-0.05, 0) is 72.6 Å². The summed E-state index contributed by atoms with van der Waals surface area (Å²) in [6.45, 7) is 8.23. The van der Waals surface area contributed by atoms with E-state index in [1.807, 2.05) is 26.0 Å². The molecule has 0 saturated heterocycles. The Morgan fingerprint density at radius 1 is 1.09 bits per heavy atom. The largest absolute Gasteiger partial charge is 0.497 e. The van der Waals surface area contributed by atoms with Crippen LogP contribution in [0, 0.1) is 22.2 Å². The zero-order valence-electron chi connectivity index (χ0n) is 26.4. The molecule has 11 heteroatoms. The number of benzene rings is 2. The summed E-state index contributed by atoms with van der Waals surface area (Å²) in [4.78, 5) is 23.5. The lowest BCUT2D eigenvalue weighted by Crippen LogP contribution is -2.42. The van der Waals surface area contributed by atoms with Crippen LogP contribution in [0.1, 0.15) is 77.0 Å². The molecule has 3 N–H and O–H groups in total. The van der Waals surface area contributed by atoms with Gasteiger partial charge < -0.3 is 24.6 Å². The number of ether oxygens (including phenoxy) is 3. The van der Waals surface area contributed by atoms with Gasteiger partial charge in [-0.25, -0.2) is 0 Å². The van der Waals surface area contributed by atoms with Crippen molar-refractivity contribution in [1.29, 1.82) is 0 Å². The molecule has 0 radical (unpaired) electrons. The number of aliphatic hydroxyl groups excluding tert-OH is 1. The first-order valence-corrected chi connectivity index (χ1v) is 16.6. The highest BCUT2D eigenvalue weighted by Crippen LogP contribution is 2.64. The summed E-state index contributed by atoms with van der Waals surface area (Å²) >= 11 is 0. The lowest BCUT2D eigenvalue weighted by Gasteiger charge is -2.35. The second kappa shape index (κ2) is 12.7. The third kappa shape index (κ3) is 7.21. The molecule has 2 aromatic carbocycles. The summed E-state index contributed by atoms with van der Waals surface area (Å²) in [5.41, 5.74) is 1.29. The number of carbonyl (C=O) groups excluding carboxylic acids is 2. The van der Waals surface area contributed by atoms with E-state index in [4.69, 9.17) is 18.8 Å². The number of methoxy groups -OCH3 is 2. The van der Waals surface area contributed by atoms with Crippen LogP contribution in [0.3, 0.4) is 0 Å². The minimum Gasteiger partial charge on any atom is -0.497 e. The van der Waals surface area contributed by atoms with Crippen LogP contribution in [-0.4, -0.2) is 56.3 Å². The SMILES string of the molecule is CC1(C)[C@H]2CC[C@]1(CS(=O)(=O)O)C(=O)C2.COc1ccc(CC(C)(C)CC[C@H](O)c2cc(OC)cc3c2OCC(=O)N3)cc1. The van der Waals surface area contributed by atoms with Gasteiger partial charge in [0.25, 0.3) is 16.0 Å². The molecule has 3 aliphatic rings. The number of hydrogen-bond donors (Lipinski definition) is 3. The molecule has 0 aromatic heterocycles. The van der Waals surface area contributed by atoms with Gasteiger partial charge in [0.05, 0.1) is 37.2 Å². The monoisotopic (exact) mass is 631 g/mol. The molecule has 1 amide bonds. The van der Waals surface area contributed by atoms with Crippen molar-refractivity contribution in [2.75, 3.05) is 31.9 Å². The van der Waals surface area contributed by atoms with Crippen LogP contribution in [-0.2, 0) is 26.1 Å². The fraction of sp³-hybridized carbons (Fsp3) is 0.576. The molecule has 2 aliphatic carbocycles. The van der Waals surface area contributed by atoms with Gasteiger partial charge in [-0.1, -0.05) is 39.8 Å². The van der Waals surface area contributed by atoms with Gasteiger partial charge in [0.1, 0.15) is 23.0 Å². The van der Waals surface area contributed by atoms with E-state index in [1.165, 1.54) is 5.56 Å². The first-order chi connectivity index (χ1) is 20.5. The Kier molecular flexibility index (Phi) is 9.73. The molecule has 2 fully saturated rings. The number of Topliss-reactive ketones (excluding diaryl/α,β-unsaturated/α-hetero) is 1. The predicted octanol–water partition coefficient (Wildman–Crippen LogP) is 5.39. The molecule has 1 aliphatic heterocycles. The zero-order valence-corrected chi connectivity index (χ0v) is 27.3. The third-order valence-corrected chi connectivity index (χ3v) is 10.7. The number of rotatable bonds is 10. The summed E-state index contributed by atoms with van der Waals surface area (Å²) in [6, 6.07) is 11.6. The van der Waals surface area contributed by atoms with Crippen molar-refractivity contribution in [2.45, 2.75) is 72.3 Å². The maximum atomic E-state index is 11.9. The minimum absolute atomic E-state index is 0.00354. The van der Waals surface area contributed by atoms with Gasteiger partial charge in [0, 0.05) is 18.1 Å². The van der Waals surface area contributed by atoms with Crippen molar-refractivity contribution in [3.63, 3.8) is 0 Å². The molecule has 242 valence electrons. The maximum absolute atomic E-state index is 11.9. The molecule has 1 heterocycles. The molecule has 0 unspecified atom stereocenters. The average Bonchev–Trinajstić information content (AvgIpc) is 3.29. The van der Waals surface area contributed by atoms with Crippen molar-refractivity contribution >= 4 is 27.5 Å². The summed E-state index contributed by atoms with van der Waals surface area (Å²) in [5.74, 6) is 1.62. The van der Waals surface area contributed by atoms with Crippen LogP contribution in [0.4, 0.5) is 5.69 Å². The summed E-state index contributed by atoms with van der Waals surface area (Å²) < 4.78 is 47.1. The molecule has 3 atom stereocenters. The number of amides is 1. The molecule has 10 nitrogen and oxygen atoms in total. The van der Waals surface area contributed by atoms with Gasteiger partial charge >= 0.3 is 0 Å². The highest BCUT2D eigenvalue weighted by atomic mass is 32.2. The standard InChI is InChI=1S/C23H29NO5.C10H16O4S/c1-23(2,13-15-5-7-16(27-3)8-6-15)10-9-20(25)18-11-17(28-4)12-19-22(18)29-14-21(26)24-19;1-9(2)7-3-4-10(9,8(11)5-7)6-15(12,13)14/h5-8,11-12,20,25H,9-10,13-14H2,1-4H3,(H,24,26);7H,3-6H2,1-2H3,(H,12,13,14)/t20-;7-,10-/m00/s1. The average molecular weight is 632 g/mol. The van der Waals surface area contributed by atoms with Gasteiger partial charge in [-0.2, -0.15) is 8.42 Å². The number of anilines is 1. The van der Waals surface area contributed by atoms with Gasteiger partial charge in [-0.15, -0.1) is 0 Å². The van der Waals surface area contributed by atoms with Crippen LogP contribution in [0.15, 0.2) is 36.4 Å². The summed E-state index contributed by atoms with van der Waals surface area (Å²) in [5, 5.41) is 13.7. The van der Waals surface area contributed by atoms with E-state index < -0.39 is 27.4 Å². The lowest BCUT2D eigenvalue weighted by atomic mass is 9.70. The van der Waals surface area contributed by atoms with Gasteiger partial charge in [0.2, 0.25) is 0 Å². The minimum atomic E-state index is -4.08. The Morgan fingerprint density at radius 2 is 1.75 bits per heavy atom. The zero-order chi connectivity index (χ0) is 32.5. The predicted molar refractivity (Wildman–Crippen MR) is 167 cm³/mol. The number of carbonyl (C=O) groups is 2. The van der Waals surface area contributed by atoms with E-state index in [1.54, 1.807) is 26.4 Å². The van der Waals surface area contributed by atoms with E-state index in [-0.39, 0.29) is 35.0 Å². The van der Waals surface area contributed by atoms with Crippen LogP contribution >= 0.6 is 0 Å². The van der Waals surface area contributed by atoms with E-state index >= 15 is 0 Å². The lowest BCUT2D eigenvalue weighted by molar-refractivity contribution is -0.128. The molecule has 0 spiro atoms. The molecule has 2 aromatic rings. The van der Waals surface area contributed by atoms with Crippen LogP contribution in [0.2, 0.25) is 0 Å². The summed E-state index contributed by atoms with van der Waals surface area (Å²) in [7, 11) is -0.860. The Morgan fingerprint density at radius 3 is 2.30 bits per heavy atom. The maximum Gasteiger partial charge on any atom is 0.265 e. The molecular formula is C33H45NO9S. The highest BCUT2D eigenvalue weighted by molar-refractivity contribution is 7.85.